The summed E-state index contributed by atoms with van der Waals surface area (Å²) in [5.41, 5.74) is 1.71. The quantitative estimate of drug-likeness (QED) is 0.872. The first-order chi connectivity index (χ1) is 8.70. The fourth-order valence-electron chi connectivity index (χ4n) is 2.08. The molecule has 1 aromatic rings. The van der Waals surface area contributed by atoms with E-state index in [4.69, 9.17) is 0 Å². The normalized spacial score (nSPS) is 12.0. The Kier molecular flexibility index (Phi) is 5.36. The summed E-state index contributed by atoms with van der Waals surface area (Å²) < 4.78 is 14.1. The largest absolute Gasteiger partial charge is 0.374 e. The lowest BCUT2D eigenvalue weighted by Gasteiger charge is -2.27. The second-order valence-electron chi connectivity index (χ2n) is 6.62. The van der Waals surface area contributed by atoms with Crippen molar-refractivity contribution in [1.82, 2.24) is 5.32 Å². The summed E-state index contributed by atoms with van der Waals surface area (Å²) in [5, 5.41) is 3.36. The number of halogens is 1. The highest BCUT2D eigenvalue weighted by Crippen LogP contribution is 2.23. The molecule has 0 aliphatic rings. The number of hydrogen-bond donors (Lipinski definition) is 1. The molecule has 0 aliphatic heterocycles. The van der Waals surface area contributed by atoms with Crippen LogP contribution in [0.3, 0.4) is 0 Å². The summed E-state index contributed by atoms with van der Waals surface area (Å²) in [6, 6.07) is 5.31. The Hall–Kier alpha value is -1.09. The molecule has 0 radical (unpaired) electrons. The summed E-state index contributed by atoms with van der Waals surface area (Å²) in [6.07, 6.45) is 0. The topological polar surface area (TPSA) is 15.3 Å². The number of anilines is 1. The first-order valence-electron chi connectivity index (χ1n) is 6.94. The minimum absolute atomic E-state index is 0.0177. The molecule has 0 atom stereocenters. The number of hydrogen-bond acceptors (Lipinski definition) is 2. The summed E-state index contributed by atoms with van der Waals surface area (Å²) in [5.74, 6) is 0.418. The Balaban J connectivity index is 2.95. The molecular formula is C16H27FN2. The summed E-state index contributed by atoms with van der Waals surface area (Å²) in [4.78, 5) is 2.13. The fourth-order valence-corrected chi connectivity index (χ4v) is 2.08. The first-order valence-corrected chi connectivity index (χ1v) is 6.94. The predicted molar refractivity (Wildman–Crippen MR) is 81.1 cm³/mol. The maximum absolute atomic E-state index is 14.1. The van der Waals surface area contributed by atoms with E-state index in [1.54, 1.807) is 6.07 Å². The van der Waals surface area contributed by atoms with Crippen LogP contribution in [0.15, 0.2) is 18.2 Å². The fraction of sp³-hybridized carbons (Fsp3) is 0.625. The van der Waals surface area contributed by atoms with Crippen LogP contribution in [-0.4, -0.2) is 19.1 Å². The van der Waals surface area contributed by atoms with Crippen molar-refractivity contribution in [3.63, 3.8) is 0 Å². The molecule has 0 aliphatic carbocycles. The second-order valence-corrected chi connectivity index (χ2v) is 6.62. The van der Waals surface area contributed by atoms with E-state index >= 15 is 0 Å². The molecule has 0 heterocycles. The highest BCUT2D eigenvalue weighted by molar-refractivity contribution is 5.53. The van der Waals surface area contributed by atoms with Crippen LogP contribution in [0.5, 0.6) is 0 Å². The smallest absolute Gasteiger partial charge is 0.129 e. The van der Waals surface area contributed by atoms with E-state index in [1.165, 1.54) is 6.07 Å². The third-order valence-corrected chi connectivity index (χ3v) is 2.94. The lowest BCUT2D eigenvalue weighted by Crippen LogP contribution is -2.36. The Morgan fingerprint density at radius 3 is 2.42 bits per heavy atom. The van der Waals surface area contributed by atoms with E-state index in [2.05, 4.69) is 44.8 Å². The molecule has 1 N–H and O–H groups in total. The molecule has 1 rings (SSSR count). The van der Waals surface area contributed by atoms with Gasteiger partial charge in [0.15, 0.2) is 0 Å². The summed E-state index contributed by atoms with van der Waals surface area (Å²) in [7, 11) is 2.02. The van der Waals surface area contributed by atoms with Crippen LogP contribution < -0.4 is 10.2 Å². The van der Waals surface area contributed by atoms with E-state index in [1.807, 2.05) is 13.1 Å². The van der Waals surface area contributed by atoms with E-state index in [0.717, 1.165) is 17.8 Å². The molecule has 0 bridgehead atoms. The molecule has 108 valence electrons. The van der Waals surface area contributed by atoms with Crippen molar-refractivity contribution in [3.8, 4) is 0 Å². The van der Waals surface area contributed by atoms with E-state index in [9.17, 15) is 4.39 Å². The van der Waals surface area contributed by atoms with Crippen LogP contribution in [0, 0.1) is 11.7 Å². The Morgan fingerprint density at radius 2 is 1.89 bits per heavy atom. The molecule has 0 saturated heterocycles. The molecule has 19 heavy (non-hydrogen) atoms. The van der Waals surface area contributed by atoms with Gasteiger partial charge < -0.3 is 10.2 Å². The van der Waals surface area contributed by atoms with Gasteiger partial charge in [-0.2, -0.15) is 0 Å². The molecule has 3 heteroatoms. The van der Waals surface area contributed by atoms with Crippen molar-refractivity contribution >= 4 is 5.69 Å². The van der Waals surface area contributed by atoms with Gasteiger partial charge in [-0.1, -0.05) is 19.9 Å². The third-order valence-electron chi connectivity index (χ3n) is 2.94. The summed E-state index contributed by atoms with van der Waals surface area (Å²) >= 11 is 0. The van der Waals surface area contributed by atoms with Crippen LogP contribution in [0.2, 0.25) is 0 Å². The van der Waals surface area contributed by atoms with Crippen LogP contribution in [0.4, 0.5) is 10.1 Å². The average molecular weight is 266 g/mol. The van der Waals surface area contributed by atoms with Gasteiger partial charge in [0, 0.05) is 36.9 Å². The van der Waals surface area contributed by atoms with Crippen molar-refractivity contribution in [2.75, 3.05) is 18.5 Å². The van der Waals surface area contributed by atoms with Gasteiger partial charge in [0.2, 0.25) is 0 Å². The third kappa shape index (κ3) is 5.19. The van der Waals surface area contributed by atoms with Crippen molar-refractivity contribution < 1.29 is 4.39 Å². The van der Waals surface area contributed by atoms with E-state index < -0.39 is 0 Å². The first kappa shape index (κ1) is 16.0. The number of nitrogens with one attached hydrogen (secondary N) is 1. The molecule has 0 unspecified atom stereocenters. The van der Waals surface area contributed by atoms with Crippen LogP contribution in [0.25, 0.3) is 0 Å². The van der Waals surface area contributed by atoms with Gasteiger partial charge >= 0.3 is 0 Å². The zero-order chi connectivity index (χ0) is 14.6. The van der Waals surface area contributed by atoms with Crippen molar-refractivity contribution in [2.45, 2.75) is 46.7 Å². The van der Waals surface area contributed by atoms with Crippen molar-refractivity contribution in [3.05, 3.63) is 29.6 Å². The van der Waals surface area contributed by atoms with E-state index in [0.29, 0.717) is 12.5 Å². The average Bonchev–Trinajstić information content (AvgIpc) is 2.24. The number of nitrogens with zero attached hydrogens (tertiary/aromatic N) is 1. The van der Waals surface area contributed by atoms with Gasteiger partial charge in [0.1, 0.15) is 5.82 Å². The van der Waals surface area contributed by atoms with Crippen molar-refractivity contribution in [2.24, 2.45) is 5.92 Å². The minimum atomic E-state index is -0.134. The number of benzene rings is 1. The van der Waals surface area contributed by atoms with Gasteiger partial charge in [-0.15, -0.1) is 0 Å². The minimum Gasteiger partial charge on any atom is -0.374 e. The second kappa shape index (κ2) is 6.38. The molecule has 2 nitrogen and oxygen atoms in total. The SMILES string of the molecule is CC(C)CN(C)c1cccc(F)c1CNC(C)(C)C. The van der Waals surface area contributed by atoms with Crippen LogP contribution >= 0.6 is 0 Å². The molecule has 0 fully saturated rings. The zero-order valence-electron chi connectivity index (χ0n) is 13.0. The van der Waals surface area contributed by atoms with Gasteiger partial charge in [-0.3, -0.25) is 0 Å². The molecular weight excluding hydrogens is 239 g/mol. The highest BCUT2D eigenvalue weighted by atomic mass is 19.1. The highest BCUT2D eigenvalue weighted by Gasteiger charge is 2.15. The van der Waals surface area contributed by atoms with Crippen molar-refractivity contribution in [1.29, 1.82) is 0 Å². The monoisotopic (exact) mass is 266 g/mol. The predicted octanol–water partition coefficient (Wildman–Crippen LogP) is 3.81. The molecule has 0 spiro atoms. The van der Waals surface area contributed by atoms with Crippen LogP contribution in [0.1, 0.15) is 40.2 Å². The summed E-state index contributed by atoms with van der Waals surface area (Å²) in [6.45, 7) is 12.1. The molecule has 1 aromatic carbocycles. The van der Waals surface area contributed by atoms with Crippen LogP contribution in [-0.2, 0) is 6.54 Å². The molecule has 0 aromatic heterocycles. The van der Waals surface area contributed by atoms with Gasteiger partial charge in [0.25, 0.3) is 0 Å². The molecule has 0 saturated carbocycles. The van der Waals surface area contributed by atoms with E-state index in [-0.39, 0.29) is 11.4 Å². The van der Waals surface area contributed by atoms with Gasteiger partial charge in [-0.05, 0) is 38.8 Å². The zero-order valence-corrected chi connectivity index (χ0v) is 13.0. The maximum atomic E-state index is 14.1. The lowest BCUT2D eigenvalue weighted by atomic mass is 10.1. The molecule has 0 amide bonds. The van der Waals surface area contributed by atoms with Gasteiger partial charge in [0.05, 0.1) is 0 Å². The Morgan fingerprint density at radius 1 is 1.26 bits per heavy atom. The Bertz CT molecular complexity index is 408. The van der Waals surface area contributed by atoms with Gasteiger partial charge in [-0.25, -0.2) is 4.39 Å². The lowest BCUT2D eigenvalue weighted by molar-refractivity contribution is 0.418. The Labute approximate surface area is 117 Å². The maximum Gasteiger partial charge on any atom is 0.129 e. The standard InChI is InChI=1S/C16H27FN2/c1-12(2)11-19(6)15-9-7-8-14(17)13(15)10-18-16(3,4)5/h7-9,12,18H,10-11H2,1-6H3. The number of rotatable bonds is 5.